The molecule has 8 heteroatoms. The van der Waals surface area contributed by atoms with Crippen molar-refractivity contribution in [2.45, 2.75) is 6.61 Å². The fraction of sp³-hybridized carbons (Fsp3) is 0.100. The summed E-state index contributed by atoms with van der Waals surface area (Å²) in [5, 5.41) is 0. The Kier molecular flexibility index (Phi) is 6.00. The fourth-order valence-electron chi connectivity index (χ4n) is 2.38. The van der Waals surface area contributed by atoms with Crippen molar-refractivity contribution in [2.24, 2.45) is 0 Å². The van der Waals surface area contributed by atoms with E-state index in [9.17, 15) is 18.4 Å². The van der Waals surface area contributed by atoms with Crippen LogP contribution in [0.4, 0.5) is 8.78 Å². The Hall–Kier alpha value is -3.26. The number of hydrogen-bond acceptors (Lipinski definition) is 5. The monoisotopic (exact) mass is 403 g/mol. The number of hydrogen-bond donors (Lipinski definition) is 1. The van der Waals surface area contributed by atoms with Gasteiger partial charge in [-0.3, -0.25) is 9.59 Å². The molecule has 3 aromatic rings. The number of aromatic amines is 1. The van der Waals surface area contributed by atoms with Crippen molar-refractivity contribution in [1.29, 1.82) is 0 Å². The summed E-state index contributed by atoms with van der Waals surface area (Å²) in [5.41, 5.74) is 0.767. The Morgan fingerprint density at radius 2 is 1.71 bits per heavy atom. The Morgan fingerprint density at radius 1 is 1.07 bits per heavy atom. The zero-order valence-corrected chi connectivity index (χ0v) is 15.5. The molecule has 0 atom stereocenters. The van der Waals surface area contributed by atoms with E-state index in [2.05, 4.69) is 9.72 Å². The number of halogens is 2. The van der Waals surface area contributed by atoms with Crippen LogP contribution in [0.25, 0.3) is 12.2 Å². The number of rotatable bonds is 6. The number of methoxy groups -OCH3 is 1. The molecule has 0 unspecified atom stereocenters. The van der Waals surface area contributed by atoms with Gasteiger partial charge in [0.05, 0.1) is 16.3 Å². The molecule has 0 radical (unpaired) electrons. The second kappa shape index (κ2) is 8.62. The standard InChI is InChI=1S/C20H15F2NO4S/c1-26-14-8-4-13(5-9-14)16(24)11-18-23-19(25)17(28-18)10-12-2-6-15(7-3-12)27-20(21)22/h2-11,20H,1H3,(H,23,25). The van der Waals surface area contributed by atoms with Gasteiger partial charge >= 0.3 is 6.61 Å². The summed E-state index contributed by atoms with van der Waals surface area (Å²) in [6, 6.07) is 12.5. The number of benzene rings is 2. The van der Waals surface area contributed by atoms with Crippen molar-refractivity contribution in [3.63, 3.8) is 0 Å². The molecule has 0 aliphatic rings. The summed E-state index contributed by atoms with van der Waals surface area (Å²) in [6.07, 6.45) is 2.95. The summed E-state index contributed by atoms with van der Waals surface area (Å²) in [6.45, 7) is -2.89. The number of carbonyl (C=O) groups excluding carboxylic acids is 1. The molecule has 3 rings (SSSR count). The third-order valence-electron chi connectivity index (χ3n) is 3.72. The third-order valence-corrected chi connectivity index (χ3v) is 4.68. The van der Waals surface area contributed by atoms with Gasteiger partial charge in [0.15, 0.2) is 5.78 Å². The van der Waals surface area contributed by atoms with E-state index in [0.29, 0.717) is 26.1 Å². The molecule has 1 aromatic heterocycles. The van der Waals surface area contributed by atoms with E-state index in [1.807, 2.05) is 0 Å². The van der Waals surface area contributed by atoms with Gasteiger partial charge < -0.3 is 14.5 Å². The van der Waals surface area contributed by atoms with Gasteiger partial charge in [-0.1, -0.05) is 12.1 Å². The molecular formula is C20H15F2NO4S. The molecule has 0 aliphatic carbocycles. The van der Waals surface area contributed by atoms with Crippen molar-refractivity contribution >= 4 is 29.3 Å². The summed E-state index contributed by atoms with van der Waals surface area (Å²) in [7, 11) is 1.54. The second-order valence-electron chi connectivity index (χ2n) is 5.61. The van der Waals surface area contributed by atoms with Crippen LogP contribution >= 0.6 is 11.3 Å². The maximum absolute atomic E-state index is 12.3. The van der Waals surface area contributed by atoms with Gasteiger partial charge in [-0.2, -0.15) is 8.78 Å². The summed E-state index contributed by atoms with van der Waals surface area (Å²) >= 11 is 1.12. The molecule has 2 aromatic carbocycles. The lowest BCUT2D eigenvalue weighted by atomic mass is 10.1. The van der Waals surface area contributed by atoms with E-state index >= 15 is 0 Å². The number of ether oxygens (including phenoxy) is 2. The molecule has 1 heterocycles. The topological polar surface area (TPSA) is 68.4 Å². The first-order valence-corrected chi connectivity index (χ1v) is 8.92. The maximum atomic E-state index is 12.3. The zero-order chi connectivity index (χ0) is 20.1. The average Bonchev–Trinajstić information content (AvgIpc) is 3.01. The van der Waals surface area contributed by atoms with Crippen LogP contribution in [-0.2, 0) is 0 Å². The maximum Gasteiger partial charge on any atom is 0.387 e. The molecule has 144 valence electrons. The SMILES string of the molecule is COc1ccc(C(=O)C=c2[nH]c(=O)c(=Cc3ccc(OC(F)F)cc3)s2)cc1. The van der Waals surface area contributed by atoms with Crippen LogP contribution in [0, 0.1) is 0 Å². The normalized spacial score (nSPS) is 12.4. The molecule has 0 amide bonds. The molecule has 0 saturated heterocycles. The van der Waals surface area contributed by atoms with E-state index in [1.54, 1.807) is 42.5 Å². The van der Waals surface area contributed by atoms with Crippen LogP contribution < -0.4 is 24.2 Å². The predicted octanol–water partition coefficient (Wildman–Crippen LogP) is 2.54. The zero-order valence-electron chi connectivity index (χ0n) is 14.6. The van der Waals surface area contributed by atoms with Crippen LogP contribution in [0.3, 0.4) is 0 Å². The molecule has 0 saturated carbocycles. The largest absolute Gasteiger partial charge is 0.497 e. The number of thiazole rings is 1. The quantitative estimate of drug-likeness (QED) is 0.643. The number of Topliss-reactive ketones (excluding diaryl/α,β-unsaturated/α-hetero) is 1. The van der Waals surface area contributed by atoms with E-state index in [1.165, 1.54) is 25.3 Å². The summed E-state index contributed by atoms with van der Waals surface area (Å²) < 4.78 is 34.5. The second-order valence-corrected chi connectivity index (χ2v) is 6.70. The van der Waals surface area contributed by atoms with Crippen molar-refractivity contribution in [3.8, 4) is 11.5 Å². The number of nitrogens with one attached hydrogen (secondary N) is 1. The molecule has 28 heavy (non-hydrogen) atoms. The van der Waals surface area contributed by atoms with Gasteiger partial charge in [0.1, 0.15) is 11.5 Å². The Bertz CT molecular complexity index is 1130. The van der Waals surface area contributed by atoms with Crippen molar-refractivity contribution in [2.75, 3.05) is 7.11 Å². The van der Waals surface area contributed by atoms with Gasteiger partial charge in [-0.25, -0.2) is 0 Å². The van der Waals surface area contributed by atoms with Crippen LogP contribution in [0.15, 0.2) is 53.3 Å². The van der Waals surface area contributed by atoms with Crippen molar-refractivity contribution in [1.82, 2.24) is 4.98 Å². The lowest BCUT2D eigenvalue weighted by molar-refractivity contribution is -0.0498. The lowest BCUT2D eigenvalue weighted by Crippen LogP contribution is -2.20. The molecule has 0 bridgehead atoms. The van der Waals surface area contributed by atoms with Crippen LogP contribution in [-0.4, -0.2) is 24.5 Å². The molecule has 1 N–H and O–H groups in total. The lowest BCUT2D eigenvalue weighted by Gasteiger charge is -2.03. The van der Waals surface area contributed by atoms with Crippen LogP contribution in [0.5, 0.6) is 11.5 Å². The van der Waals surface area contributed by atoms with E-state index in [-0.39, 0.29) is 17.1 Å². The van der Waals surface area contributed by atoms with Crippen molar-refractivity contribution in [3.05, 3.63) is 79.2 Å². The predicted molar refractivity (Wildman–Crippen MR) is 103 cm³/mol. The van der Waals surface area contributed by atoms with Gasteiger partial charge in [0, 0.05) is 11.6 Å². The number of aromatic nitrogens is 1. The van der Waals surface area contributed by atoms with Crippen molar-refractivity contribution < 1.29 is 23.0 Å². The fourth-order valence-corrected chi connectivity index (χ4v) is 3.26. The average molecular weight is 403 g/mol. The smallest absolute Gasteiger partial charge is 0.387 e. The van der Waals surface area contributed by atoms with Crippen LogP contribution in [0.2, 0.25) is 0 Å². The number of carbonyl (C=O) groups is 1. The highest BCUT2D eigenvalue weighted by molar-refractivity contribution is 7.07. The highest BCUT2D eigenvalue weighted by Crippen LogP contribution is 2.15. The first-order valence-electron chi connectivity index (χ1n) is 8.10. The van der Waals surface area contributed by atoms with E-state index < -0.39 is 6.61 Å². The minimum Gasteiger partial charge on any atom is -0.497 e. The molecule has 0 spiro atoms. The van der Waals surface area contributed by atoms with Gasteiger partial charge in [-0.15, -0.1) is 11.3 Å². The minimum atomic E-state index is -2.89. The Balaban J connectivity index is 1.85. The highest BCUT2D eigenvalue weighted by Gasteiger charge is 2.05. The Labute approximate surface area is 162 Å². The molecular weight excluding hydrogens is 388 g/mol. The minimum absolute atomic E-state index is 0.0337. The van der Waals surface area contributed by atoms with Gasteiger partial charge in [0.2, 0.25) is 0 Å². The summed E-state index contributed by atoms with van der Waals surface area (Å²) in [5.74, 6) is 0.425. The number of H-pyrrole nitrogens is 1. The first-order chi connectivity index (χ1) is 13.4. The van der Waals surface area contributed by atoms with E-state index in [0.717, 1.165) is 11.3 Å². The van der Waals surface area contributed by atoms with Gasteiger partial charge in [-0.05, 0) is 48.0 Å². The molecule has 5 nitrogen and oxygen atoms in total. The number of ketones is 1. The third kappa shape index (κ3) is 4.92. The molecule has 0 fully saturated rings. The highest BCUT2D eigenvalue weighted by atomic mass is 32.1. The van der Waals surface area contributed by atoms with E-state index in [4.69, 9.17) is 4.74 Å². The number of alkyl halides is 2. The van der Waals surface area contributed by atoms with Crippen LogP contribution in [0.1, 0.15) is 15.9 Å². The van der Waals surface area contributed by atoms with Gasteiger partial charge in [0.25, 0.3) is 5.56 Å². The summed E-state index contributed by atoms with van der Waals surface area (Å²) in [4.78, 5) is 27.1. The Morgan fingerprint density at radius 3 is 2.32 bits per heavy atom. The first kappa shape index (κ1) is 19.5. The molecule has 0 aliphatic heterocycles.